The van der Waals surface area contributed by atoms with Crippen LogP contribution >= 0.6 is 0 Å². The Labute approximate surface area is 128 Å². The molecular weight excluding hydrogens is 294 g/mol. The fraction of sp³-hybridized carbons (Fsp3) is 0.714. The quantitative estimate of drug-likeness (QED) is 0.515. The average Bonchev–Trinajstić information content (AvgIpc) is 2.37. The first-order valence-corrected chi connectivity index (χ1v) is 6.99. The standard InChI is InChI=1S/C14H23NO7/c1-5-21-12(19)7-6-8(16)10(17)11(18)9(7)15-13(20)22-14(2,3)4/h6,8-11,16-18H,5H2,1-4H3,(H,15,20)/t8-,9+,10-,11-/m1/s1. The molecule has 0 bridgehead atoms. The van der Waals surface area contributed by atoms with Gasteiger partial charge in [-0.2, -0.15) is 0 Å². The van der Waals surface area contributed by atoms with Crippen LogP contribution in [0.4, 0.5) is 4.79 Å². The van der Waals surface area contributed by atoms with Crippen LogP contribution in [-0.2, 0) is 14.3 Å². The minimum Gasteiger partial charge on any atom is -0.463 e. The van der Waals surface area contributed by atoms with Crippen molar-refractivity contribution < 1.29 is 34.4 Å². The lowest BCUT2D eigenvalue weighted by Crippen LogP contribution is -2.57. The first kappa shape index (κ1) is 18.4. The summed E-state index contributed by atoms with van der Waals surface area (Å²) in [5.41, 5.74) is -0.909. The molecule has 1 aliphatic carbocycles. The third-order valence-electron chi connectivity index (χ3n) is 2.91. The lowest BCUT2D eigenvalue weighted by Gasteiger charge is -2.35. The van der Waals surface area contributed by atoms with E-state index in [0.717, 1.165) is 6.08 Å². The van der Waals surface area contributed by atoms with Crippen LogP contribution in [0.15, 0.2) is 11.6 Å². The van der Waals surface area contributed by atoms with Crippen LogP contribution in [0.2, 0.25) is 0 Å². The highest BCUT2D eigenvalue weighted by Crippen LogP contribution is 2.22. The van der Waals surface area contributed by atoms with Gasteiger partial charge in [0.15, 0.2) is 0 Å². The zero-order chi connectivity index (χ0) is 17.1. The van der Waals surface area contributed by atoms with Crippen LogP contribution < -0.4 is 5.32 Å². The summed E-state index contributed by atoms with van der Waals surface area (Å²) in [7, 11) is 0. The molecule has 0 aromatic rings. The third-order valence-corrected chi connectivity index (χ3v) is 2.91. The van der Waals surface area contributed by atoms with Crippen LogP contribution in [0, 0.1) is 0 Å². The molecule has 0 aliphatic heterocycles. The van der Waals surface area contributed by atoms with Gasteiger partial charge in [0.25, 0.3) is 0 Å². The number of aliphatic hydroxyl groups excluding tert-OH is 3. The molecule has 4 atom stereocenters. The van der Waals surface area contributed by atoms with E-state index in [2.05, 4.69) is 5.32 Å². The zero-order valence-electron chi connectivity index (χ0n) is 13.1. The summed E-state index contributed by atoms with van der Waals surface area (Å²) in [5, 5.41) is 31.7. The van der Waals surface area contributed by atoms with E-state index < -0.39 is 42.0 Å². The smallest absolute Gasteiger partial charge is 0.408 e. The van der Waals surface area contributed by atoms with Crippen LogP contribution in [0.3, 0.4) is 0 Å². The van der Waals surface area contributed by atoms with Crippen molar-refractivity contribution in [3.63, 3.8) is 0 Å². The summed E-state index contributed by atoms with van der Waals surface area (Å²) in [6.45, 7) is 6.66. The Balaban J connectivity index is 2.97. The average molecular weight is 317 g/mol. The molecule has 0 unspecified atom stereocenters. The monoisotopic (exact) mass is 317 g/mol. The third kappa shape index (κ3) is 4.69. The summed E-state index contributed by atoms with van der Waals surface area (Å²) < 4.78 is 9.88. The van der Waals surface area contributed by atoms with Crippen molar-refractivity contribution in [3.05, 3.63) is 11.6 Å². The highest BCUT2D eigenvalue weighted by molar-refractivity contribution is 5.91. The second-order valence-electron chi connectivity index (χ2n) is 5.94. The second-order valence-corrected chi connectivity index (χ2v) is 5.94. The van der Waals surface area contributed by atoms with Crippen LogP contribution in [0.1, 0.15) is 27.7 Å². The maximum absolute atomic E-state index is 11.9. The van der Waals surface area contributed by atoms with Gasteiger partial charge in [-0.3, -0.25) is 0 Å². The van der Waals surface area contributed by atoms with E-state index in [4.69, 9.17) is 9.47 Å². The minimum absolute atomic E-state index is 0.0874. The Bertz CT molecular complexity index is 455. The largest absolute Gasteiger partial charge is 0.463 e. The normalized spacial score (nSPS) is 28.6. The topological polar surface area (TPSA) is 125 Å². The molecule has 1 amide bonds. The summed E-state index contributed by atoms with van der Waals surface area (Å²) >= 11 is 0. The van der Waals surface area contributed by atoms with Gasteiger partial charge in [0.05, 0.1) is 18.2 Å². The lowest BCUT2D eigenvalue weighted by atomic mass is 9.87. The predicted octanol–water partition coefficient (Wildman–Crippen LogP) is -0.535. The molecule has 0 aromatic carbocycles. The van der Waals surface area contributed by atoms with Crippen LogP contribution in [0.25, 0.3) is 0 Å². The number of ether oxygens (including phenoxy) is 2. The Kier molecular flexibility index (Phi) is 5.92. The number of esters is 1. The fourth-order valence-corrected chi connectivity index (χ4v) is 1.98. The molecule has 0 saturated carbocycles. The molecule has 0 heterocycles. The highest BCUT2D eigenvalue weighted by Gasteiger charge is 2.42. The molecular formula is C14H23NO7. The molecule has 22 heavy (non-hydrogen) atoms. The number of amides is 1. The molecule has 1 rings (SSSR count). The Hall–Kier alpha value is -1.64. The molecule has 1 aliphatic rings. The van der Waals surface area contributed by atoms with Gasteiger partial charge in [0, 0.05) is 0 Å². The number of hydrogen-bond donors (Lipinski definition) is 4. The van der Waals surface area contributed by atoms with E-state index in [-0.39, 0.29) is 12.2 Å². The molecule has 8 nitrogen and oxygen atoms in total. The van der Waals surface area contributed by atoms with E-state index >= 15 is 0 Å². The van der Waals surface area contributed by atoms with Crippen molar-refractivity contribution >= 4 is 12.1 Å². The van der Waals surface area contributed by atoms with Crippen LogP contribution in [0.5, 0.6) is 0 Å². The van der Waals surface area contributed by atoms with Gasteiger partial charge in [-0.25, -0.2) is 9.59 Å². The van der Waals surface area contributed by atoms with Gasteiger partial charge >= 0.3 is 12.1 Å². The van der Waals surface area contributed by atoms with E-state index in [0.29, 0.717) is 0 Å². The first-order valence-electron chi connectivity index (χ1n) is 6.99. The second kappa shape index (κ2) is 7.08. The Morgan fingerprint density at radius 3 is 2.32 bits per heavy atom. The van der Waals surface area contributed by atoms with Gasteiger partial charge in [0.1, 0.15) is 23.9 Å². The molecule has 0 saturated heterocycles. The summed E-state index contributed by atoms with van der Waals surface area (Å²) in [6, 6.07) is -1.24. The van der Waals surface area contributed by atoms with Gasteiger partial charge in [-0.15, -0.1) is 0 Å². The Morgan fingerprint density at radius 1 is 1.23 bits per heavy atom. The highest BCUT2D eigenvalue weighted by atomic mass is 16.6. The van der Waals surface area contributed by atoms with Gasteiger partial charge in [-0.05, 0) is 33.8 Å². The van der Waals surface area contributed by atoms with E-state index in [9.17, 15) is 24.9 Å². The van der Waals surface area contributed by atoms with E-state index in [1.165, 1.54) is 0 Å². The van der Waals surface area contributed by atoms with Crippen LogP contribution in [-0.4, -0.2) is 63.9 Å². The number of carbonyl (C=O) groups is 2. The molecule has 126 valence electrons. The Morgan fingerprint density at radius 2 is 1.82 bits per heavy atom. The van der Waals surface area contributed by atoms with Gasteiger partial charge < -0.3 is 30.1 Å². The molecule has 0 spiro atoms. The fourth-order valence-electron chi connectivity index (χ4n) is 1.98. The molecule has 0 fully saturated rings. The maximum atomic E-state index is 11.9. The lowest BCUT2D eigenvalue weighted by molar-refractivity contribution is -0.140. The van der Waals surface area contributed by atoms with Crippen molar-refractivity contribution in [1.82, 2.24) is 5.32 Å². The molecule has 0 aromatic heterocycles. The van der Waals surface area contributed by atoms with Gasteiger partial charge in [0.2, 0.25) is 0 Å². The van der Waals surface area contributed by atoms with Crippen molar-refractivity contribution in [2.45, 2.75) is 57.6 Å². The first-order chi connectivity index (χ1) is 10.1. The molecule has 8 heteroatoms. The summed E-state index contributed by atoms with van der Waals surface area (Å²) in [4.78, 5) is 23.7. The maximum Gasteiger partial charge on any atom is 0.408 e. The summed E-state index contributed by atoms with van der Waals surface area (Å²) in [5.74, 6) is -0.798. The number of nitrogens with one attached hydrogen (secondary N) is 1. The predicted molar refractivity (Wildman–Crippen MR) is 75.9 cm³/mol. The van der Waals surface area contributed by atoms with Crippen molar-refractivity contribution in [2.75, 3.05) is 6.61 Å². The van der Waals surface area contributed by atoms with Crippen molar-refractivity contribution in [3.8, 4) is 0 Å². The number of hydrogen-bond acceptors (Lipinski definition) is 7. The number of alkyl carbamates (subject to hydrolysis) is 1. The van der Waals surface area contributed by atoms with Crippen molar-refractivity contribution in [1.29, 1.82) is 0 Å². The number of rotatable bonds is 3. The number of aliphatic hydroxyl groups is 3. The SMILES string of the molecule is CCOC(=O)C1=C[C@@H](O)[C@@H](O)[C@H](O)[C@H]1NC(=O)OC(C)(C)C. The molecule has 0 radical (unpaired) electrons. The van der Waals surface area contributed by atoms with Crippen molar-refractivity contribution in [2.24, 2.45) is 0 Å². The van der Waals surface area contributed by atoms with E-state index in [1.54, 1.807) is 27.7 Å². The minimum atomic E-state index is -1.58. The number of carbonyl (C=O) groups excluding carboxylic acids is 2. The molecule has 4 N–H and O–H groups in total. The zero-order valence-corrected chi connectivity index (χ0v) is 13.1. The summed E-state index contributed by atoms with van der Waals surface area (Å²) in [6.07, 6.45) is -4.37. The van der Waals surface area contributed by atoms with E-state index in [1.807, 2.05) is 0 Å². The van der Waals surface area contributed by atoms with Gasteiger partial charge in [-0.1, -0.05) is 0 Å².